The van der Waals surface area contributed by atoms with Gasteiger partial charge in [-0.25, -0.2) is 0 Å². The molecule has 2 aromatic carbocycles. The molecule has 0 radical (unpaired) electrons. The molecule has 1 saturated carbocycles. The third-order valence-corrected chi connectivity index (χ3v) is 6.25. The fourth-order valence-electron chi connectivity index (χ4n) is 4.83. The van der Waals surface area contributed by atoms with Gasteiger partial charge in [0.25, 0.3) is 5.91 Å². The second kappa shape index (κ2) is 6.16. The average molecular weight is 372 g/mol. The van der Waals surface area contributed by atoms with E-state index >= 15 is 0 Å². The van der Waals surface area contributed by atoms with Gasteiger partial charge in [0.1, 0.15) is 0 Å². The van der Waals surface area contributed by atoms with Crippen molar-refractivity contribution < 1.29 is 14.4 Å². The summed E-state index contributed by atoms with van der Waals surface area (Å²) >= 11 is 0. The molecule has 2 aromatic rings. The molecule has 2 fully saturated rings. The second-order valence-electron chi connectivity index (χ2n) is 7.83. The molecule has 4 unspecified atom stereocenters. The Morgan fingerprint density at radius 3 is 2.14 bits per heavy atom. The second-order valence-corrected chi connectivity index (χ2v) is 7.83. The Morgan fingerprint density at radius 2 is 1.54 bits per heavy atom. The van der Waals surface area contributed by atoms with Crippen LogP contribution >= 0.6 is 0 Å². The maximum atomic E-state index is 12.9. The van der Waals surface area contributed by atoms with Gasteiger partial charge in [-0.15, -0.1) is 0 Å². The summed E-state index contributed by atoms with van der Waals surface area (Å²) < 4.78 is 0. The van der Waals surface area contributed by atoms with Crippen molar-refractivity contribution in [2.24, 2.45) is 23.7 Å². The summed E-state index contributed by atoms with van der Waals surface area (Å²) in [5.41, 5.74) is 2.76. The number of allylic oxidation sites excluding steroid dienone is 2. The number of carbonyl (C=O) groups excluding carboxylic acids is 3. The van der Waals surface area contributed by atoms with Crippen molar-refractivity contribution in [2.45, 2.75) is 13.3 Å². The molecule has 1 saturated heterocycles. The highest BCUT2D eigenvalue weighted by atomic mass is 16.2. The summed E-state index contributed by atoms with van der Waals surface area (Å²) in [4.78, 5) is 39.6. The highest BCUT2D eigenvalue weighted by Crippen LogP contribution is 2.53. The molecule has 28 heavy (non-hydrogen) atoms. The first-order valence-electron chi connectivity index (χ1n) is 9.58. The lowest BCUT2D eigenvalue weighted by Gasteiger charge is -2.17. The van der Waals surface area contributed by atoms with E-state index in [1.54, 1.807) is 24.3 Å². The Kier molecular flexibility index (Phi) is 3.72. The number of benzene rings is 2. The van der Waals surface area contributed by atoms with Gasteiger partial charge in [-0.1, -0.05) is 30.4 Å². The van der Waals surface area contributed by atoms with E-state index in [1.807, 2.05) is 31.2 Å². The average Bonchev–Trinajstić information content (AvgIpc) is 3.38. The molecule has 140 valence electrons. The summed E-state index contributed by atoms with van der Waals surface area (Å²) in [6.07, 6.45) is 5.08. The molecular formula is C23H20N2O3. The van der Waals surface area contributed by atoms with Crippen LogP contribution in [0.2, 0.25) is 0 Å². The van der Waals surface area contributed by atoms with Gasteiger partial charge in [-0.05, 0) is 61.1 Å². The molecule has 2 aliphatic carbocycles. The highest BCUT2D eigenvalue weighted by molar-refractivity contribution is 6.23. The number of carbonyl (C=O) groups is 3. The zero-order chi connectivity index (χ0) is 19.4. The monoisotopic (exact) mass is 372 g/mol. The van der Waals surface area contributed by atoms with Crippen molar-refractivity contribution in [3.8, 4) is 0 Å². The molecule has 3 aliphatic rings. The van der Waals surface area contributed by atoms with Gasteiger partial charge in [0.05, 0.1) is 17.5 Å². The van der Waals surface area contributed by atoms with Crippen LogP contribution in [-0.4, -0.2) is 17.7 Å². The van der Waals surface area contributed by atoms with Crippen molar-refractivity contribution in [1.29, 1.82) is 0 Å². The molecule has 2 bridgehead atoms. The first-order chi connectivity index (χ1) is 13.5. The van der Waals surface area contributed by atoms with E-state index in [1.165, 1.54) is 4.90 Å². The number of para-hydroxylation sites is 1. The number of hydrogen-bond acceptors (Lipinski definition) is 3. The molecule has 3 amide bonds. The zero-order valence-electron chi connectivity index (χ0n) is 15.5. The van der Waals surface area contributed by atoms with E-state index < -0.39 is 0 Å². The molecule has 5 nitrogen and oxygen atoms in total. The number of nitrogens with one attached hydrogen (secondary N) is 1. The minimum absolute atomic E-state index is 0.107. The number of aryl methyl sites for hydroxylation is 1. The normalized spacial score (nSPS) is 27.4. The van der Waals surface area contributed by atoms with E-state index in [2.05, 4.69) is 17.5 Å². The van der Waals surface area contributed by atoms with Gasteiger partial charge < -0.3 is 5.32 Å². The first-order valence-corrected chi connectivity index (χ1v) is 9.58. The largest absolute Gasteiger partial charge is 0.322 e. The van der Waals surface area contributed by atoms with Crippen LogP contribution in [0.15, 0.2) is 60.7 Å². The fraction of sp³-hybridized carbons (Fsp3) is 0.261. The predicted octanol–water partition coefficient (Wildman–Crippen LogP) is 3.56. The number of anilines is 2. The Labute approximate surface area is 163 Å². The maximum absolute atomic E-state index is 12.9. The van der Waals surface area contributed by atoms with E-state index in [0.29, 0.717) is 11.3 Å². The van der Waals surface area contributed by atoms with Crippen LogP contribution < -0.4 is 10.2 Å². The molecule has 5 rings (SSSR count). The topological polar surface area (TPSA) is 66.5 Å². The van der Waals surface area contributed by atoms with Crippen LogP contribution in [0.1, 0.15) is 22.3 Å². The van der Waals surface area contributed by atoms with Crippen molar-refractivity contribution >= 4 is 29.1 Å². The molecule has 5 heteroatoms. The Morgan fingerprint density at radius 1 is 0.929 bits per heavy atom. The van der Waals surface area contributed by atoms with Gasteiger partial charge in [0, 0.05) is 11.3 Å². The quantitative estimate of drug-likeness (QED) is 0.662. The van der Waals surface area contributed by atoms with Gasteiger partial charge in [-0.3, -0.25) is 19.3 Å². The number of nitrogens with zero attached hydrogens (tertiary/aromatic N) is 1. The van der Waals surface area contributed by atoms with E-state index in [-0.39, 0.29) is 41.4 Å². The van der Waals surface area contributed by atoms with E-state index in [4.69, 9.17) is 0 Å². The summed E-state index contributed by atoms with van der Waals surface area (Å²) in [6.45, 7) is 1.93. The van der Waals surface area contributed by atoms with E-state index in [9.17, 15) is 14.4 Å². The lowest BCUT2D eigenvalue weighted by molar-refractivity contribution is -0.123. The Balaban J connectivity index is 1.36. The van der Waals surface area contributed by atoms with Gasteiger partial charge in [0.15, 0.2) is 0 Å². The van der Waals surface area contributed by atoms with Gasteiger partial charge in [-0.2, -0.15) is 0 Å². The standard InChI is InChI=1S/C23H20N2O3/c1-13-4-2-3-5-18(13)24-21(26)14-8-10-17(11-9-14)25-22(27)19-15-6-7-16(12-15)20(19)23(25)28/h2-11,15-16,19-20H,12H2,1H3,(H,24,26). The molecule has 1 aliphatic heterocycles. The molecule has 1 heterocycles. The number of imide groups is 1. The molecule has 0 spiro atoms. The number of rotatable bonds is 3. The van der Waals surface area contributed by atoms with Crippen molar-refractivity contribution in [3.63, 3.8) is 0 Å². The van der Waals surface area contributed by atoms with E-state index in [0.717, 1.165) is 17.7 Å². The number of amides is 3. The summed E-state index contributed by atoms with van der Waals surface area (Å²) in [5.74, 6) is -0.490. The fourth-order valence-corrected chi connectivity index (χ4v) is 4.83. The Hall–Kier alpha value is -3.21. The molecule has 4 atom stereocenters. The van der Waals surface area contributed by atoms with Gasteiger partial charge >= 0.3 is 0 Å². The third kappa shape index (κ3) is 2.43. The maximum Gasteiger partial charge on any atom is 0.255 e. The zero-order valence-corrected chi connectivity index (χ0v) is 15.5. The first kappa shape index (κ1) is 16.9. The van der Waals surface area contributed by atoms with Crippen LogP contribution in [0, 0.1) is 30.6 Å². The van der Waals surface area contributed by atoms with Crippen LogP contribution in [0.25, 0.3) is 0 Å². The SMILES string of the molecule is Cc1ccccc1NC(=O)c1ccc(N2C(=O)C3C4C=CC(C4)C3C2=O)cc1. The van der Waals surface area contributed by atoms with Crippen molar-refractivity contribution in [1.82, 2.24) is 0 Å². The predicted molar refractivity (Wildman–Crippen MR) is 106 cm³/mol. The molecular weight excluding hydrogens is 352 g/mol. The van der Waals surface area contributed by atoms with Crippen molar-refractivity contribution in [2.75, 3.05) is 10.2 Å². The van der Waals surface area contributed by atoms with Crippen LogP contribution in [0.5, 0.6) is 0 Å². The summed E-state index contributed by atoms with van der Waals surface area (Å²) in [7, 11) is 0. The summed E-state index contributed by atoms with van der Waals surface area (Å²) in [5, 5.41) is 2.89. The smallest absolute Gasteiger partial charge is 0.255 e. The number of fused-ring (bicyclic) bond motifs is 5. The minimum Gasteiger partial charge on any atom is -0.322 e. The highest BCUT2D eigenvalue weighted by Gasteiger charge is 2.59. The van der Waals surface area contributed by atoms with Crippen LogP contribution in [0.4, 0.5) is 11.4 Å². The van der Waals surface area contributed by atoms with Crippen LogP contribution in [0.3, 0.4) is 0 Å². The van der Waals surface area contributed by atoms with Crippen LogP contribution in [-0.2, 0) is 9.59 Å². The Bertz CT molecular complexity index is 994. The lowest BCUT2D eigenvalue weighted by atomic mass is 9.85. The molecule has 0 aromatic heterocycles. The lowest BCUT2D eigenvalue weighted by Crippen LogP contribution is -2.32. The molecule has 1 N–H and O–H groups in total. The van der Waals surface area contributed by atoms with Crippen molar-refractivity contribution in [3.05, 3.63) is 71.8 Å². The third-order valence-electron chi connectivity index (χ3n) is 6.25. The van der Waals surface area contributed by atoms with Gasteiger partial charge in [0.2, 0.25) is 11.8 Å². The number of hydrogen-bond donors (Lipinski definition) is 1. The summed E-state index contributed by atoms with van der Waals surface area (Å²) in [6, 6.07) is 14.2. The minimum atomic E-state index is -0.223.